The van der Waals surface area contributed by atoms with Gasteiger partial charge >= 0.3 is 0 Å². The lowest BCUT2D eigenvalue weighted by molar-refractivity contribution is 0.0979. The zero-order valence-corrected chi connectivity index (χ0v) is 16.2. The largest absolute Gasteiger partial charge is 0.280 e. The lowest BCUT2D eigenvalue weighted by atomic mass is 10.2. The Hall–Kier alpha value is -3.13. The number of carbonyl (C=O) groups excluding carboxylic acids is 1. The van der Waals surface area contributed by atoms with E-state index in [1.807, 2.05) is 26.0 Å². The van der Waals surface area contributed by atoms with Gasteiger partial charge in [0.2, 0.25) is 0 Å². The van der Waals surface area contributed by atoms with E-state index in [-0.39, 0.29) is 24.0 Å². The first-order valence-electron chi connectivity index (χ1n) is 8.84. The van der Waals surface area contributed by atoms with Gasteiger partial charge in [-0.3, -0.25) is 19.4 Å². The molecule has 1 aromatic carbocycles. The van der Waals surface area contributed by atoms with Gasteiger partial charge < -0.3 is 0 Å². The molecule has 8 heteroatoms. The maximum atomic E-state index is 14.1. The van der Waals surface area contributed by atoms with Crippen LogP contribution in [0.1, 0.15) is 35.9 Å². The number of thiazole rings is 1. The second kappa shape index (κ2) is 7.47. The minimum absolute atomic E-state index is 0.143. The van der Waals surface area contributed by atoms with Gasteiger partial charge in [-0.05, 0) is 43.7 Å². The van der Waals surface area contributed by atoms with Crippen LogP contribution in [0.15, 0.2) is 55.0 Å². The van der Waals surface area contributed by atoms with E-state index in [1.165, 1.54) is 22.3 Å². The molecular formula is C20H18FN5OS. The van der Waals surface area contributed by atoms with Crippen LogP contribution in [0.25, 0.3) is 10.2 Å². The number of fused-ring (bicyclic) bond motifs is 1. The predicted octanol–water partition coefficient (Wildman–Crippen LogP) is 4.45. The third-order valence-corrected chi connectivity index (χ3v) is 5.30. The van der Waals surface area contributed by atoms with Crippen LogP contribution >= 0.6 is 11.3 Å². The van der Waals surface area contributed by atoms with Crippen molar-refractivity contribution in [2.24, 2.45) is 0 Å². The Morgan fingerprint density at radius 2 is 2.11 bits per heavy atom. The van der Waals surface area contributed by atoms with Crippen molar-refractivity contribution < 1.29 is 9.18 Å². The number of nitrogens with zero attached hydrogens (tertiary/aromatic N) is 5. The Morgan fingerprint density at radius 1 is 1.25 bits per heavy atom. The number of carbonyl (C=O) groups is 1. The summed E-state index contributed by atoms with van der Waals surface area (Å²) in [5.74, 6) is -0.694. The number of benzene rings is 1. The second-order valence-corrected chi connectivity index (χ2v) is 7.62. The van der Waals surface area contributed by atoms with E-state index in [9.17, 15) is 9.18 Å². The molecule has 28 heavy (non-hydrogen) atoms. The smallest absolute Gasteiger partial charge is 0.278 e. The molecular weight excluding hydrogens is 377 g/mol. The summed E-state index contributed by atoms with van der Waals surface area (Å²) in [6, 6.07) is 10.3. The molecule has 3 aromatic heterocycles. The number of hydrogen-bond acceptors (Lipinski definition) is 5. The molecule has 0 fully saturated rings. The molecule has 0 radical (unpaired) electrons. The van der Waals surface area contributed by atoms with Crippen molar-refractivity contribution in [2.75, 3.05) is 4.90 Å². The van der Waals surface area contributed by atoms with E-state index in [4.69, 9.17) is 0 Å². The fourth-order valence-electron chi connectivity index (χ4n) is 2.80. The molecule has 0 spiro atoms. The Labute approximate surface area is 165 Å². The molecule has 142 valence electrons. The van der Waals surface area contributed by atoms with E-state index >= 15 is 0 Å². The number of rotatable bonds is 5. The number of amides is 1. The van der Waals surface area contributed by atoms with Crippen LogP contribution in [0.5, 0.6) is 0 Å². The highest BCUT2D eigenvalue weighted by Crippen LogP contribution is 2.31. The molecule has 0 aliphatic heterocycles. The van der Waals surface area contributed by atoms with E-state index in [1.54, 1.807) is 41.5 Å². The maximum absolute atomic E-state index is 14.1. The number of anilines is 1. The van der Waals surface area contributed by atoms with Gasteiger partial charge in [-0.15, -0.1) is 0 Å². The van der Waals surface area contributed by atoms with Crippen LogP contribution in [0, 0.1) is 5.82 Å². The Kier molecular flexibility index (Phi) is 4.87. The molecule has 0 unspecified atom stereocenters. The van der Waals surface area contributed by atoms with Crippen molar-refractivity contribution in [2.45, 2.75) is 26.4 Å². The van der Waals surface area contributed by atoms with Gasteiger partial charge in [0.05, 0.1) is 11.2 Å². The van der Waals surface area contributed by atoms with Crippen molar-refractivity contribution in [3.05, 3.63) is 72.1 Å². The van der Waals surface area contributed by atoms with Crippen LogP contribution < -0.4 is 4.90 Å². The van der Waals surface area contributed by atoms with Gasteiger partial charge in [0.15, 0.2) is 10.8 Å². The molecule has 0 aliphatic rings. The van der Waals surface area contributed by atoms with Gasteiger partial charge in [0, 0.05) is 24.6 Å². The first-order valence-corrected chi connectivity index (χ1v) is 9.65. The number of para-hydroxylation sites is 1. The van der Waals surface area contributed by atoms with Gasteiger partial charge in [0.1, 0.15) is 11.3 Å². The molecule has 0 N–H and O–H groups in total. The Bertz CT molecular complexity index is 1120. The molecule has 0 saturated carbocycles. The first-order chi connectivity index (χ1) is 13.5. The monoisotopic (exact) mass is 395 g/mol. The fourth-order valence-corrected chi connectivity index (χ4v) is 3.77. The van der Waals surface area contributed by atoms with Gasteiger partial charge in [-0.2, -0.15) is 5.10 Å². The predicted molar refractivity (Wildman–Crippen MR) is 107 cm³/mol. The van der Waals surface area contributed by atoms with Crippen molar-refractivity contribution in [3.8, 4) is 0 Å². The van der Waals surface area contributed by atoms with Crippen LogP contribution in [-0.2, 0) is 6.54 Å². The number of aromatic nitrogens is 4. The van der Waals surface area contributed by atoms with E-state index in [0.29, 0.717) is 15.5 Å². The molecule has 0 saturated heterocycles. The van der Waals surface area contributed by atoms with Crippen LogP contribution in [0.3, 0.4) is 0 Å². The fraction of sp³-hybridized carbons (Fsp3) is 0.200. The summed E-state index contributed by atoms with van der Waals surface area (Å²) in [7, 11) is 0. The summed E-state index contributed by atoms with van der Waals surface area (Å²) < 4.78 is 16.5. The minimum Gasteiger partial charge on any atom is -0.278 e. The van der Waals surface area contributed by atoms with Gasteiger partial charge in [0.25, 0.3) is 5.91 Å². The normalized spacial score (nSPS) is 11.3. The van der Waals surface area contributed by atoms with Gasteiger partial charge in [-0.1, -0.05) is 23.5 Å². The third kappa shape index (κ3) is 3.50. The van der Waals surface area contributed by atoms with Gasteiger partial charge in [-0.25, -0.2) is 9.37 Å². The molecule has 0 aliphatic carbocycles. The quantitative estimate of drug-likeness (QED) is 0.501. The number of pyridine rings is 1. The molecule has 1 amide bonds. The third-order valence-electron chi connectivity index (χ3n) is 4.25. The topological polar surface area (TPSA) is 63.9 Å². The Balaban J connectivity index is 1.76. The Morgan fingerprint density at radius 3 is 2.79 bits per heavy atom. The van der Waals surface area contributed by atoms with Crippen molar-refractivity contribution in [1.29, 1.82) is 0 Å². The molecule has 4 rings (SSSR count). The highest BCUT2D eigenvalue weighted by atomic mass is 32.1. The second-order valence-electron chi connectivity index (χ2n) is 6.61. The summed E-state index contributed by atoms with van der Waals surface area (Å²) >= 11 is 1.27. The number of hydrogen-bond donors (Lipinski definition) is 0. The maximum Gasteiger partial charge on any atom is 0.280 e. The summed E-state index contributed by atoms with van der Waals surface area (Å²) in [6.07, 6.45) is 5.14. The zero-order chi connectivity index (χ0) is 19.7. The molecule has 0 atom stereocenters. The summed E-state index contributed by atoms with van der Waals surface area (Å²) in [4.78, 5) is 23.3. The lowest BCUT2D eigenvalue weighted by Gasteiger charge is -2.18. The highest BCUT2D eigenvalue weighted by Gasteiger charge is 2.24. The van der Waals surface area contributed by atoms with E-state index < -0.39 is 5.82 Å². The average molecular weight is 395 g/mol. The van der Waals surface area contributed by atoms with Crippen molar-refractivity contribution in [3.63, 3.8) is 0 Å². The van der Waals surface area contributed by atoms with E-state index in [0.717, 1.165) is 5.56 Å². The zero-order valence-electron chi connectivity index (χ0n) is 15.4. The van der Waals surface area contributed by atoms with Crippen LogP contribution in [-0.4, -0.2) is 25.7 Å². The standard InChI is InChI=1S/C20H18FN5OS/c1-13(2)26-10-8-16(24-26)19(27)25(12-14-5-4-9-22-11-14)20-23-18-15(21)6-3-7-17(18)28-20/h3-11,13H,12H2,1-2H3. The van der Waals surface area contributed by atoms with Crippen LogP contribution in [0.4, 0.5) is 9.52 Å². The van der Waals surface area contributed by atoms with Crippen LogP contribution in [0.2, 0.25) is 0 Å². The van der Waals surface area contributed by atoms with E-state index in [2.05, 4.69) is 15.1 Å². The average Bonchev–Trinajstić information content (AvgIpc) is 3.34. The summed E-state index contributed by atoms with van der Waals surface area (Å²) in [6.45, 7) is 4.25. The molecule has 6 nitrogen and oxygen atoms in total. The molecule has 3 heterocycles. The molecule has 0 bridgehead atoms. The summed E-state index contributed by atoms with van der Waals surface area (Å²) in [5.41, 5.74) is 1.43. The molecule has 4 aromatic rings. The summed E-state index contributed by atoms with van der Waals surface area (Å²) in [5, 5.41) is 4.81. The van der Waals surface area contributed by atoms with Crippen molar-refractivity contribution in [1.82, 2.24) is 19.7 Å². The first kappa shape index (κ1) is 18.2. The minimum atomic E-state index is -0.405. The SMILES string of the molecule is CC(C)n1ccc(C(=O)N(Cc2cccnc2)c2nc3c(F)cccc3s2)n1. The number of halogens is 1. The lowest BCUT2D eigenvalue weighted by Crippen LogP contribution is -2.31. The highest BCUT2D eigenvalue weighted by molar-refractivity contribution is 7.22. The van der Waals surface area contributed by atoms with Crippen molar-refractivity contribution >= 4 is 32.6 Å².